The van der Waals surface area contributed by atoms with Gasteiger partial charge in [0.05, 0.1) is 17.5 Å². The van der Waals surface area contributed by atoms with Gasteiger partial charge in [-0.15, -0.1) is 0 Å². The molecule has 3 aromatic rings. The van der Waals surface area contributed by atoms with Crippen molar-refractivity contribution >= 4 is 28.7 Å². The molecular formula is C19H19N5O. The van der Waals surface area contributed by atoms with E-state index in [1.165, 1.54) is 5.56 Å². The molecule has 25 heavy (non-hydrogen) atoms. The number of hydrogen-bond acceptors (Lipinski definition) is 4. The Bertz CT molecular complexity index is 1020. The van der Waals surface area contributed by atoms with Gasteiger partial charge >= 0.3 is 0 Å². The van der Waals surface area contributed by atoms with E-state index in [1.807, 2.05) is 26.2 Å². The maximum absolute atomic E-state index is 12.3. The Hall–Kier alpha value is -3.12. The first-order chi connectivity index (χ1) is 12.0. The molecule has 1 amide bonds. The van der Waals surface area contributed by atoms with Gasteiger partial charge in [-0.3, -0.25) is 4.79 Å². The molecule has 1 aliphatic heterocycles. The van der Waals surface area contributed by atoms with E-state index in [1.54, 1.807) is 12.3 Å². The fourth-order valence-corrected chi connectivity index (χ4v) is 3.32. The molecule has 4 N–H and O–H groups in total. The van der Waals surface area contributed by atoms with E-state index in [-0.39, 0.29) is 5.91 Å². The minimum absolute atomic E-state index is 0.251. The SMILES string of the molecule is CN(C)Cc1cccc(-c2[nH]c3cc(N)cc4c3c2C=NNC4=O)c1. The Morgan fingerprint density at radius 3 is 2.84 bits per heavy atom. The summed E-state index contributed by atoms with van der Waals surface area (Å²) >= 11 is 0. The topological polar surface area (TPSA) is 86.5 Å². The molecule has 4 rings (SSSR count). The number of nitrogen functional groups attached to an aromatic ring is 1. The predicted octanol–water partition coefficient (Wildman–Crippen LogP) is 2.56. The summed E-state index contributed by atoms with van der Waals surface area (Å²) in [4.78, 5) is 17.8. The van der Waals surface area contributed by atoms with Crippen LogP contribution in [0.1, 0.15) is 21.5 Å². The number of amides is 1. The van der Waals surface area contributed by atoms with Gasteiger partial charge in [-0.05, 0) is 43.4 Å². The molecule has 1 aliphatic rings. The summed E-state index contributed by atoms with van der Waals surface area (Å²) in [7, 11) is 4.09. The molecular weight excluding hydrogens is 314 g/mol. The van der Waals surface area contributed by atoms with Crippen LogP contribution in [0, 0.1) is 0 Å². The van der Waals surface area contributed by atoms with E-state index in [0.29, 0.717) is 11.3 Å². The highest BCUT2D eigenvalue weighted by atomic mass is 16.2. The van der Waals surface area contributed by atoms with Crippen LogP contribution in [0.25, 0.3) is 22.2 Å². The molecule has 1 aromatic heterocycles. The van der Waals surface area contributed by atoms with Gasteiger partial charge in [0.2, 0.25) is 0 Å². The normalized spacial score (nSPS) is 13.3. The summed E-state index contributed by atoms with van der Waals surface area (Å²) in [6.45, 7) is 0.857. The first kappa shape index (κ1) is 15.4. The molecule has 0 fully saturated rings. The van der Waals surface area contributed by atoms with Gasteiger partial charge < -0.3 is 15.6 Å². The van der Waals surface area contributed by atoms with Crippen molar-refractivity contribution in [2.24, 2.45) is 5.10 Å². The fourth-order valence-electron chi connectivity index (χ4n) is 3.32. The summed E-state index contributed by atoms with van der Waals surface area (Å²) in [6.07, 6.45) is 1.69. The predicted molar refractivity (Wildman–Crippen MR) is 101 cm³/mol. The Kier molecular flexibility index (Phi) is 3.54. The van der Waals surface area contributed by atoms with Gasteiger partial charge in [0.1, 0.15) is 0 Å². The molecule has 2 aromatic carbocycles. The highest BCUT2D eigenvalue weighted by Crippen LogP contribution is 2.34. The maximum atomic E-state index is 12.3. The highest BCUT2D eigenvalue weighted by molar-refractivity contribution is 6.17. The van der Waals surface area contributed by atoms with Crippen LogP contribution in [0.2, 0.25) is 0 Å². The van der Waals surface area contributed by atoms with E-state index in [4.69, 9.17) is 5.73 Å². The summed E-state index contributed by atoms with van der Waals surface area (Å²) in [5.41, 5.74) is 14.5. The van der Waals surface area contributed by atoms with Crippen molar-refractivity contribution in [2.75, 3.05) is 19.8 Å². The zero-order valence-electron chi connectivity index (χ0n) is 14.1. The molecule has 0 saturated carbocycles. The molecule has 0 radical (unpaired) electrons. The second kappa shape index (κ2) is 5.75. The Balaban J connectivity index is 1.96. The number of nitrogens with one attached hydrogen (secondary N) is 2. The van der Waals surface area contributed by atoms with Crippen LogP contribution >= 0.6 is 0 Å². The van der Waals surface area contributed by atoms with Gasteiger partial charge in [-0.2, -0.15) is 5.10 Å². The number of aromatic nitrogens is 1. The summed E-state index contributed by atoms with van der Waals surface area (Å²) in [5.74, 6) is -0.251. The molecule has 0 aliphatic carbocycles. The average molecular weight is 333 g/mol. The van der Waals surface area contributed by atoms with Crippen molar-refractivity contribution in [3.8, 4) is 11.3 Å². The molecule has 0 saturated heterocycles. The van der Waals surface area contributed by atoms with Gasteiger partial charge in [0.25, 0.3) is 5.91 Å². The van der Waals surface area contributed by atoms with Crippen molar-refractivity contribution in [3.05, 3.63) is 53.1 Å². The lowest BCUT2D eigenvalue weighted by atomic mass is 10.0. The quantitative estimate of drug-likeness (QED) is 0.644. The lowest BCUT2D eigenvalue weighted by Gasteiger charge is -2.10. The van der Waals surface area contributed by atoms with Crippen molar-refractivity contribution in [2.45, 2.75) is 6.54 Å². The minimum Gasteiger partial charge on any atom is -0.399 e. The number of rotatable bonds is 3. The van der Waals surface area contributed by atoms with Crippen molar-refractivity contribution in [1.29, 1.82) is 0 Å². The van der Waals surface area contributed by atoms with E-state index in [0.717, 1.165) is 34.3 Å². The molecule has 0 atom stereocenters. The van der Waals surface area contributed by atoms with Gasteiger partial charge in [0.15, 0.2) is 0 Å². The summed E-state index contributed by atoms with van der Waals surface area (Å²) in [6, 6.07) is 11.9. The number of H-pyrrole nitrogens is 1. The number of benzene rings is 2. The lowest BCUT2D eigenvalue weighted by Crippen LogP contribution is -2.16. The first-order valence-electron chi connectivity index (χ1n) is 8.05. The zero-order chi connectivity index (χ0) is 17.6. The van der Waals surface area contributed by atoms with E-state index >= 15 is 0 Å². The number of hydrogen-bond donors (Lipinski definition) is 3. The fraction of sp³-hybridized carbons (Fsp3) is 0.158. The van der Waals surface area contributed by atoms with Gasteiger partial charge in [-0.25, -0.2) is 5.43 Å². The molecule has 126 valence electrons. The first-order valence-corrected chi connectivity index (χ1v) is 8.05. The minimum atomic E-state index is -0.251. The number of carbonyl (C=O) groups excluding carboxylic acids is 1. The van der Waals surface area contributed by atoms with Crippen molar-refractivity contribution in [3.63, 3.8) is 0 Å². The smallest absolute Gasteiger partial charge is 0.272 e. The zero-order valence-corrected chi connectivity index (χ0v) is 14.1. The maximum Gasteiger partial charge on any atom is 0.272 e. The van der Waals surface area contributed by atoms with Gasteiger partial charge in [0, 0.05) is 28.7 Å². The van der Waals surface area contributed by atoms with Crippen LogP contribution in [0.4, 0.5) is 5.69 Å². The second-order valence-electron chi connectivity index (χ2n) is 6.54. The Morgan fingerprint density at radius 2 is 2.04 bits per heavy atom. The largest absolute Gasteiger partial charge is 0.399 e. The molecule has 0 spiro atoms. The average Bonchev–Trinajstić information content (AvgIpc) is 2.83. The number of nitrogens with zero attached hydrogens (tertiary/aromatic N) is 2. The highest BCUT2D eigenvalue weighted by Gasteiger charge is 2.21. The van der Waals surface area contributed by atoms with E-state index in [9.17, 15) is 4.79 Å². The standard InChI is InChI=1S/C19H19N5O/c1-24(2)10-11-4-3-5-12(6-11)18-15-9-21-23-19(25)14-7-13(20)8-16(22-18)17(14)15/h3-9,22H,10,20H2,1-2H3,(H,23,25). The third-order valence-electron chi connectivity index (χ3n) is 4.28. The second-order valence-corrected chi connectivity index (χ2v) is 6.54. The van der Waals surface area contributed by atoms with E-state index < -0.39 is 0 Å². The summed E-state index contributed by atoms with van der Waals surface area (Å²) < 4.78 is 0. The van der Waals surface area contributed by atoms with Crippen LogP contribution in [0.3, 0.4) is 0 Å². The van der Waals surface area contributed by atoms with Crippen molar-refractivity contribution < 1.29 is 4.79 Å². The van der Waals surface area contributed by atoms with E-state index in [2.05, 4.69) is 38.6 Å². The molecule has 6 nitrogen and oxygen atoms in total. The summed E-state index contributed by atoms with van der Waals surface area (Å²) in [5, 5.41) is 4.91. The number of carbonyl (C=O) groups is 1. The Labute approximate surface area is 145 Å². The van der Waals surface area contributed by atoms with Crippen LogP contribution in [-0.4, -0.2) is 36.1 Å². The molecule has 0 bridgehead atoms. The third-order valence-corrected chi connectivity index (χ3v) is 4.28. The van der Waals surface area contributed by atoms with Crippen LogP contribution in [0.5, 0.6) is 0 Å². The molecule has 2 heterocycles. The van der Waals surface area contributed by atoms with Crippen LogP contribution in [-0.2, 0) is 6.54 Å². The van der Waals surface area contributed by atoms with Crippen LogP contribution < -0.4 is 11.2 Å². The Morgan fingerprint density at radius 1 is 1.20 bits per heavy atom. The van der Waals surface area contributed by atoms with Gasteiger partial charge in [-0.1, -0.05) is 18.2 Å². The van der Waals surface area contributed by atoms with Crippen molar-refractivity contribution in [1.82, 2.24) is 15.3 Å². The monoisotopic (exact) mass is 333 g/mol. The number of aromatic amines is 1. The number of hydrazone groups is 1. The molecule has 0 unspecified atom stereocenters. The molecule has 6 heteroatoms. The number of anilines is 1. The van der Waals surface area contributed by atoms with Crippen LogP contribution in [0.15, 0.2) is 41.5 Å². The lowest BCUT2D eigenvalue weighted by molar-refractivity contribution is 0.0957. The number of nitrogens with two attached hydrogens (primary N) is 1. The third kappa shape index (κ3) is 2.66.